The smallest absolute Gasteiger partial charge is 0.254 e. The van der Waals surface area contributed by atoms with Crippen LogP contribution in [-0.2, 0) is 4.74 Å². The maximum atomic E-state index is 13.3. The van der Waals surface area contributed by atoms with Crippen LogP contribution < -0.4 is 5.73 Å². The second kappa shape index (κ2) is 5.50. The van der Waals surface area contributed by atoms with Crippen molar-refractivity contribution < 1.29 is 13.9 Å². The molecule has 1 amide bonds. The largest absolute Gasteiger partial charge is 0.367 e. The van der Waals surface area contributed by atoms with Gasteiger partial charge in [-0.25, -0.2) is 4.39 Å². The van der Waals surface area contributed by atoms with Gasteiger partial charge in [0, 0.05) is 25.2 Å². The van der Waals surface area contributed by atoms with Crippen molar-refractivity contribution in [2.75, 3.05) is 19.6 Å². The summed E-state index contributed by atoms with van der Waals surface area (Å²) in [6.07, 6.45) is -0.163. The highest BCUT2D eigenvalue weighted by molar-refractivity contribution is 5.94. The average molecular weight is 280 g/mol. The molecule has 1 heterocycles. The summed E-state index contributed by atoms with van der Waals surface area (Å²) < 4.78 is 19.1. The SMILES string of the molecule is Cc1cc(C(=O)N2CC(CN)OC(C)(C)C2)ccc1F. The molecule has 110 valence electrons. The van der Waals surface area contributed by atoms with Crippen LogP contribution in [-0.4, -0.2) is 42.1 Å². The Morgan fingerprint density at radius 3 is 2.85 bits per heavy atom. The molecular formula is C15H21FN2O2. The van der Waals surface area contributed by atoms with Crippen LogP contribution in [0.1, 0.15) is 29.8 Å². The molecule has 1 atom stereocenters. The fourth-order valence-electron chi connectivity index (χ4n) is 2.53. The third-order valence-electron chi connectivity index (χ3n) is 3.44. The number of benzene rings is 1. The van der Waals surface area contributed by atoms with Gasteiger partial charge >= 0.3 is 0 Å². The minimum atomic E-state index is -0.424. The standard InChI is InChI=1S/C15H21FN2O2/c1-10-6-11(4-5-13(10)16)14(19)18-8-12(7-17)20-15(2,3)9-18/h4-6,12H,7-9,17H2,1-3H3. The fourth-order valence-corrected chi connectivity index (χ4v) is 2.53. The quantitative estimate of drug-likeness (QED) is 0.897. The van der Waals surface area contributed by atoms with Crippen LogP contribution in [0.4, 0.5) is 4.39 Å². The zero-order chi connectivity index (χ0) is 14.9. The number of halogens is 1. The molecule has 0 bridgehead atoms. The number of carbonyl (C=O) groups is 1. The van der Waals surface area contributed by atoms with E-state index in [1.807, 2.05) is 13.8 Å². The zero-order valence-corrected chi connectivity index (χ0v) is 12.1. The highest BCUT2D eigenvalue weighted by Crippen LogP contribution is 2.22. The number of carbonyl (C=O) groups excluding carboxylic acids is 1. The van der Waals surface area contributed by atoms with E-state index in [2.05, 4.69) is 0 Å². The van der Waals surface area contributed by atoms with E-state index >= 15 is 0 Å². The number of nitrogens with two attached hydrogens (primary N) is 1. The number of hydrogen-bond donors (Lipinski definition) is 1. The van der Waals surface area contributed by atoms with Crippen LogP contribution in [0.5, 0.6) is 0 Å². The molecule has 20 heavy (non-hydrogen) atoms. The minimum Gasteiger partial charge on any atom is -0.367 e. The van der Waals surface area contributed by atoms with Crippen LogP contribution >= 0.6 is 0 Å². The second-order valence-electron chi connectivity index (χ2n) is 5.88. The fraction of sp³-hybridized carbons (Fsp3) is 0.533. The Morgan fingerprint density at radius 2 is 2.25 bits per heavy atom. The Hall–Kier alpha value is -1.46. The van der Waals surface area contributed by atoms with Crippen molar-refractivity contribution in [3.63, 3.8) is 0 Å². The number of hydrogen-bond acceptors (Lipinski definition) is 3. The first-order valence-corrected chi connectivity index (χ1v) is 6.76. The molecule has 0 aliphatic carbocycles. The first-order valence-electron chi connectivity index (χ1n) is 6.76. The molecule has 1 aliphatic heterocycles. The first kappa shape index (κ1) is 14.9. The number of aryl methyl sites for hydroxylation is 1. The van der Waals surface area contributed by atoms with E-state index in [1.165, 1.54) is 12.1 Å². The summed E-state index contributed by atoms with van der Waals surface area (Å²) in [4.78, 5) is 14.2. The number of nitrogens with zero attached hydrogens (tertiary/aromatic N) is 1. The van der Waals surface area contributed by atoms with Gasteiger partial charge in [-0.15, -0.1) is 0 Å². The molecule has 1 aliphatic rings. The lowest BCUT2D eigenvalue weighted by Crippen LogP contribution is -2.56. The van der Waals surface area contributed by atoms with Gasteiger partial charge in [0.2, 0.25) is 0 Å². The van der Waals surface area contributed by atoms with E-state index < -0.39 is 5.60 Å². The summed E-state index contributed by atoms with van der Waals surface area (Å²) in [6, 6.07) is 4.43. The highest BCUT2D eigenvalue weighted by atomic mass is 19.1. The van der Waals surface area contributed by atoms with Gasteiger partial charge in [-0.3, -0.25) is 4.79 Å². The zero-order valence-electron chi connectivity index (χ0n) is 12.1. The summed E-state index contributed by atoms with van der Waals surface area (Å²) in [6.45, 7) is 6.86. The topological polar surface area (TPSA) is 55.6 Å². The Balaban J connectivity index is 2.21. The molecule has 1 saturated heterocycles. The third-order valence-corrected chi connectivity index (χ3v) is 3.44. The maximum Gasteiger partial charge on any atom is 0.254 e. The lowest BCUT2D eigenvalue weighted by Gasteiger charge is -2.42. The molecule has 5 heteroatoms. The monoisotopic (exact) mass is 280 g/mol. The molecule has 0 spiro atoms. The predicted molar refractivity (Wildman–Crippen MR) is 75.0 cm³/mol. The van der Waals surface area contributed by atoms with Crippen molar-refractivity contribution >= 4 is 5.91 Å². The molecule has 0 radical (unpaired) electrons. The van der Waals surface area contributed by atoms with Gasteiger partial charge in [0.25, 0.3) is 5.91 Å². The molecule has 0 aromatic heterocycles. The van der Waals surface area contributed by atoms with Crippen LogP contribution in [0.15, 0.2) is 18.2 Å². The van der Waals surface area contributed by atoms with Gasteiger partial charge in [-0.05, 0) is 44.5 Å². The second-order valence-corrected chi connectivity index (χ2v) is 5.88. The summed E-state index contributed by atoms with van der Waals surface area (Å²) in [5.41, 5.74) is 6.20. The molecule has 1 fully saturated rings. The van der Waals surface area contributed by atoms with Gasteiger partial charge in [-0.2, -0.15) is 0 Å². The molecule has 1 unspecified atom stereocenters. The van der Waals surface area contributed by atoms with E-state index in [-0.39, 0.29) is 17.8 Å². The van der Waals surface area contributed by atoms with Crippen molar-refractivity contribution in [2.24, 2.45) is 5.73 Å². The van der Waals surface area contributed by atoms with Crippen molar-refractivity contribution in [3.8, 4) is 0 Å². The van der Waals surface area contributed by atoms with Crippen molar-refractivity contribution in [2.45, 2.75) is 32.5 Å². The van der Waals surface area contributed by atoms with Crippen LogP contribution in [0.3, 0.4) is 0 Å². The number of morpholine rings is 1. The highest BCUT2D eigenvalue weighted by Gasteiger charge is 2.35. The molecule has 1 aromatic rings. The van der Waals surface area contributed by atoms with Crippen molar-refractivity contribution in [1.29, 1.82) is 0 Å². The maximum absolute atomic E-state index is 13.3. The summed E-state index contributed by atoms with van der Waals surface area (Å²) in [5, 5.41) is 0. The van der Waals surface area contributed by atoms with Gasteiger partial charge in [-0.1, -0.05) is 0 Å². The molecule has 2 N–H and O–H groups in total. The molecule has 1 aromatic carbocycles. The van der Waals surface area contributed by atoms with Crippen molar-refractivity contribution in [3.05, 3.63) is 35.1 Å². The molecule has 4 nitrogen and oxygen atoms in total. The molecular weight excluding hydrogens is 259 g/mol. The minimum absolute atomic E-state index is 0.108. The average Bonchev–Trinajstić information content (AvgIpc) is 2.39. The van der Waals surface area contributed by atoms with E-state index in [4.69, 9.17) is 10.5 Å². The van der Waals surface area contributed by atoms with E-state index in [0.717, 1.165) is 0 Å². The van der Waals surface area contributed by atoms with Crippen LogP contribution in [0.2, 0.25) is 0 Å². The van der Waals surface area contributed by atoms with Gasteiger partial charge < -0.3 is 15.4 Å². The van der Waals surface area contributed by atoms with Gasteiger partial charge in [0.05, 0.1) is 11.7 Å². The predicted octanol–water partition coefficient (Wildman–Crippen LogP) is 1.71. The third kappa shape index (κ3) is 3.16. The lowest BCUT2D eigenvalue weighted by atomic mass is 10.0. The van der Waals surface area contributed by atoms with Crippen molar-refractivity contribution in [1.82, 2.24) is 4.90 Å². The molecule has 0 saturated carbocycles. The summed E-state index contributed by atoms with van der Waals surface area (Å²) in [5.74, 6) is -0.411. The van der Waals surface area contributed by atoms with Gasteiger partial charge in [0.1, 0.15) is 5.82 Å². The Labute approximate surface area is 118 Å². The van der Waals surface area contributed by atoms with Crippen LogP contribution in [0, 0.1) is 12.7 Å². The van der Waals surface area contributed by atoms with E-state index in [9.17, 15) is 9.18 Å². The van der Waals surface area contributed by atoms with Gasteiger partial charge in [0.15, 0.2) is 0 Å². The Kier molecular flexibility index (Phi) is 4.11. The lowest BCUT2D eigenvalue weighted by molar-refractivity contribution is -0.122. The Morgan fingerprint density at radius 1 is 1.55 bits per heavy atom. The number of amides is 1. The summed E-state index contributed by atoms with van der Waals surface area (Å²) in [7, 11) is 0. The molecule has 2 rings (SSSR count). The Bertz CT molecular complexity index is 517. The number of ether oxygens (including phenoxy) is 1. The summed E-state index contributed by atoms with van der Waals surface area (Å²) >= 11 is 0. The van der Waals surface area contributed by atoms with E-state index in [1.54, 1.807) is 17.9 Å². The van der Waals surface area contributed by atoms with Crippen LogP contribution in [0.25, 0.3) is 0 Å². The number of rotatable bonds is 2. The normalized spacial score (nSPS) is 21.9. The van der Waals surface area contributed by atoms with E-state index in [0.29, 0.717) is 30.8 Å². The first-order chi connectivity index (χ1) is 9.32.